The monoisotopic (exact) mass is 354 g/mol. The predicted molar refractivity (Wildman–Crippen MR) is 98.9 cm³/mol. The lowest BCUT2D eigenvalue weighted by molar-refractivity contribution is -0.129. The highest BCUT2D eigenvalue weighted by Crippen LogP contribution is 2.44. The number of carbonyl (C=O) groups excluding carboxylic acids is 1. The van der Waals surface area contributed by atoms with Crippen molar-refractivity contribution in [1.82, 2.24) is 19.8 Å². The molecule has 6 nitrogen and oxygen atoms in total. The number of imidazole rings is 1. The fourth-order valence-corrected chi connectivity index (χ4v) is 4.46. The Labute approximate surface area is 154 Å². The van der Waals surface area contributed by atoms with Gasteiger partial charge < -0.3 is 14.6 Å². The zero-order chi connectivity index (χ0) is 18.0. The van der Waals surface area contributed by atoms with E-state index in [9.17, 15) is 4.79 Å². The van der Waals surface area contributed by atoms with Gasteiger partial charge in [0.2, 0.25) is 5.91 Å². The Morgan fingerprint density at radius 2 is 2.08 bits per heavy atom. The van der Waals surface area contributed by atoms with E-state index in [4.69, 9.17) is 4.74 Å². The van der Waals surface area contributed by atoms with Crippen LogP contribution in [0.25, 0.3) is 5.69 Å². The molecule has 1 atom stereocenters. The van der Waals surface area contributed by atoms with Gasteiger partial charge in [-0.15, -0.1) is 0 Å². The lowest BCUT2D eigenvalue weighted by atomic mass is 9.72. The third-order valence-electron chi connectivity index (χ3n) is 5.92. The summed E-state index contributed by atoms with van der Waals surface area (Å²) in [5.41, 5.74) is 2.44. The van der Waals surface area contributed by atoms with Gasteiger partial charge in [0.05, 0.1) is 12.2 Å². The van der Waals surface area contributed by atoms with E-state index in [0.29, 0.717) is 0 Å². The average molecular weight is 354 g/mol. The summed E-state index contributed by atoms with van der Waals surface area (Å²) in [5.74, 6) is 0.228. The second-order valence-electron chi connectivity index (χ2n) is 7.45. The van der Waals surface area contributed by atoms with Crippen LogP contribution in [-0.2, 0) is 16.1 Å². The summed E-state index contributed by atoms with van der Waals surface area (Å²) in [6.45, 7) is 4.20. The van der Waals surface area contributed by atoms with Gasteiger partial charge >= 0.3 is 0 Å². The lowest BCUT2D eigenvalue weighted by Gasteiger charge is -2.37. The molecule has 0 saturated carbocycles. The zero-order valence-electron chi connectivity index (χ0n) is 15.2. The van der Waals surface area contributed by atoms with Crippen LogP contribution in [0.4, 0.5) is 0 Å². The van der Waals surface area contributed by atoms with Crippen LogP contribution in [0.1, 0.15) is 18.4 Å². The number of aromatic nitrogens is 2. The summed E-state index contributed by atoms with van der Waals surface area (Å²) in [7, 11) is 1.74. The first-order valence-electron chi connectivity index (χ1n) is 9.29. The van der Waals surface area contributed by atoms with E-state index in [1.54, 1.807) is 19.6 Å². The first-order chi connectivity index (χ1) is 12.7. The van der Waals surface area contributed by atoms with E-state index in [1.165, 1.54) is 5.56 Å². The molecule has 3 heterocycles. The average Bonchev–Trinajstić information content (AvgIpc) is 3.31. The minimum absolute atomic E-state index is 0.0571. The number of likely N-dealkylation sites (tertiary alicyclic amines) is 1. The van der Waals surface area contributed by atoms with Crippen molar-refractivity contribution in [3.05, 3.63) is 48.5 Å². The van der Waals surface area contributed by atoms with Crippen LogP contribution in [0.5, 0.6) is 0 Å². The maximum Gasteiger partial charge on any atom is 0.224 e. The summed E-state index contributed by atoms with van der Waals surface area (Å²) < 4.78 is 7.56. The van der Waals surface area contributed by atoms with Crippen molar-refractivity contribution in [1.29, 1.82) is 0 Å². The Morgan fingerprint density at radius 3 is 2.73 bits per heavy atom. The second kappa shape index (κ2) is 7.21. The Morgan fingerprint density at radius 1 is 1.31 bits per heavy atom. The number of nitrogens with zero attached hydrogens (tertiary/aromatic N) is 3. The van der Waals surface area contributed by atoms with Crippen molar-refractivity contribution in [2.24, 2.45) is 11.3 Å². The summed E-state index contributed by atoms with van der Waals surface area (Å²) in [4.78, 5) is 19.0. The molecule has 2 aliphatic heterocycles. The number of hydrogen-bond donors (Lipinski definition) is 1. The smallest absolute Gasteiger partial charge is 0.224 e. The summed E-state index contributed by atoms with van der Waals surface area (Å²) >= 11 is 0. The molecular formula is C20H26N4O2. The van der Waals surface area contributed by atoms with Gasteiger partial charge in [0, 0.05) is 63.4 Å². The minimum Gasteiger partial charge on any atom is -0.381 e. The van der Waals surface area contributed by atoms with E-state index in [1.807, 2.05) is 10.8 Å². The quantitative estimate of drug-likeness (QED) is 0.910. The molecule has 6 heteroatoms. The molecule has 0 bridgehead atoms. The highest BCUT2D eigenvalue weighted by molar-refractivity contribution is 5.80. The highest BCUT2D eigenvalue weighted by Gasteiger charge is 2.50. The Kier molecular flexibility index (Phi) is 4.78. The SMILES string of the molecule is CNC(=O)C1CN(Cc2ccc(-n3ccnc3)cc2)CC12CCOCC2. The van der Waals surface area contributed by atoms with Crippen molar-refractivity contribution < 1.29 is 9.53 Å². The molecule has 1 aromatic carbocycles. The van der Waals surface area contributed by atoms with E-state index in [2.05, 4.69) is 39.5 Å². The van der Waals surface area contributed by atoms with Crippen LogP contribution in [0.2, 0.25) is 0 Å². The summed E-state index contributed by atoms with van der Waals surface area (Å²) in [6, 6.07) is 8.57. The molecule has 2 fully saturated rings. The largest absolute Gasteiger partial charge is 0.381 e. The maximum absolute atomic E-state index is 12.5. The molecule has 2 aromatic rings. The van der Waals surface area contributed by atoms with Crippen LogP contribution in [0.3, 0.4) is 0 Å². The van der Waals surface area contributed by atoms with Gasteiger partial charge in [-0.05, 0) is 30.5 Å². The Hall–Kier alpha value is -2.18. The van der Waals surface area contributed by atoms with Crippen molar-refractivity contribution in [3.8, 4) is 5.69 Å². The Bertz CT molecular complexity index is 736. The Balaban J connectivity index is 1.47. The van der Waals surface area contributed by atoms with E-state index in [0.717, 1.165) is 51.4 Å². The number of nitrogens with one attached hydrogen (secondary N) is 1. The molecule has 2 aliphatic rings. The molecule has 1 spiro atoms. The highest BCUT2D eigenvalue weighted by atomic mass is 16.5. The molecule has 1 unspecified atom stereocenters. The molecular weight excluding hydrogens is 328 g/mol. The first-order valence-corrected chi connectivity index (χ1v) is 9.29. The van der Waals surface area contributed by atoms with Crippen LogP contribution in [-0.4, -0.2) is 53.7 Å². The van der Waals surface area contributed by atoms with Crippen LogP contribution >= 0.6 is 0 Å². The van der Waals surface area contributed by atoms with Crippen molar-refractivity contribution in [2.45, 2.75) is 19.4 Å². The maximum atomic E-state index is 12.5. The third kappa shape index (κ3) is 3.27. The lowest BCUT2D eigenvalue weighted by Crippen LogP contribution is -2.43. The van der Waals surface area contributed by atoms with Gasteiger partial charge in [-0.2, -0.15) is 0 Å². The molecule has 4 rings (SSSR count). The van der Waals surface area contributed by atoms with E-state index >= 15 is 0 Å². The van der Waals surface area contributed by atoms with Gasteiger partial charge in [0.15, 0.2) is 0 Å². The number of amides is 1. The number of benzene rings is 1. The second-order valence-corrected chi connectivity index (χ2v) is 7.45. The predicted octanol–water partition coefficient (Wildman–Crippen LogP) is 1.85. The van der Waals surface area contributed by atoms with Gasteiger partial charge in [-0.1, -0.05) is 12.1 Å². The fraction of sp³-hybridized carbons (Fsp3) is 0.500. The third-order valence-corrected chi connectivity index (χ3v) is 5.92. The molecule has 1 N–H and O–H groups in total. The molecule has 1 amide bonds. The first kappa shape index (κ1) is 17.2. The van der Waals surface area contributed by atoms with Crippen molar-refractivity contribution in [2.75, 3.05) is 33.4 Å². The van der Waals surface area contributed by atoms with Crippen LogP contribution < -0.4 is 5.32 Å². The summed E-state index contributed by atoms with van der Waals surface area (Å²) in [5, 5.41) is 2.87. The van der Waals surface area contributed by atoms with Crippen molar-refractivity contribution in [3.63, 3.8) is 0 Å². The number of rotatable bonds is 4. The van der Waals surface area contributed by atoms with Gasteiger partial charge in [0.25, 0.3) is 0 Å². The molecule has 0 aliphatic carbocycles. The van der Waals surface area contributed by atoms with Gasteiger partial charge in [0.1, 0.15) is 0 Å². The molecule has 1 aromatic heterocycles. The summed E-state index contributed by atoms with van der Waals surface area (Å²) in [6.07, 6.45) is 7.48. The molecule has 26 heavy (non-hydrogen) atoms. The van der Waals surface area contributed by atoms with Crippen LogP contribution in [0.15, 0.2) is 43.0 Å². The minimum atomic E-state index is 0.0571. The van der Waals surface area contributed by atoms with Gasteiger partial charge in [-0.3, -0.25) is 9.69 Å². The molecule has 138 valence electrons. The molecule has 2 saturated heterocycles. The van der Waals surface area contributed by atoms with Crippen molar-refractivity contribution >= 4 is 5.91 Å². The normalized spacial score (nSPS) is 22.6. The number of carbonyl (C=O) groups is 1. The van der Waals surface area contributed by atoms with E-state index < -0.39 is 0 Å². The topological polar surface area (TPSA) is 59.4 Å². The number of hydrogen-bond acceptors (Lipinski definition) is 4. The van der Waals surface area contributed by atoms with Gasteiger partial charge in [-0.25, -0.2) is 4.98 Å². The van der Waals surface area contributed by atoms with Crippen LogP contribution in [0, 0.1) is 11.3 Å². The number of ether oxygens (including phenoxy) is 1. The fourth-order valence-electron chi connectivity index (χ4n) is 4.46. The zero-order valence-corrected chi connectivity index (χ0v) is 15.2. The van der Waals surface area contributed by atoms with E-state index in [-0.39, 0.29) is 17.2 Å². The standard InChI is InChI=1S/C20H26N4O2/c1-21-19(25)18-13-23(14-20(18)6-10-26-11-7-20)12-16-2-4-17(5-3-16)24-9-8-22-15-24/h2-5,8-9,15,18H,6-7,10-14H2,1H3,(H,21,25). The molecule has 0 radical (unpaired) electrons.